The van der Waals surface area contributed by atoms with E-state index in [1.807, 2.05) is 0 Å². The summed E-state index contributed by atoms with van der Waals surface area (Å²) in [5.74, 6) is -0.914. The maximum absolute atomic E-state index is 12.8. The third-order valence-electron chi connectivity index (χ3n) is 12.5. The molecule has 1 unspecified atom stereocenters. The maximum atomic E-state index is 12.8. The van der Waals surface area contributed by atoms with E-state index in [0.717, 1.165) is 135 Å². The molecule has 0 radical (unpaired) electrons. The largest absolute Gasteiger partial charge is 0.462 e. The van der Waals surface area contributed by atoms with E-state index in [2.05, 4.69) is 142 Å². The first kappa shape index (κ1) is 68.8. The van der Waals surface area contributed by atoms with Gasteiger partial charge in [0.2, 0.25) is 0 Å². The molecule has 0 aliphatic rings. The van der Waals surface area contributed by atoms with Gasteiger partial charge in [0.25, 0.3) is 0 Å². The molecule has 0 aromatic rings. The Morgan fingerprint density at radius 2 is 0.534 bits per heavy atom. The predicted molar refractivity (Wildman–Crippen MR) is 316 cm³/mol. The van der Waals surface area contributed by atoms with Crippen LogP contribution < -0.4 is 0 Å². The standard InChI is InChI=1S/C67H110O6/c1-4-7-10-13-16-19-22-23-24-25-26-27-28-29-30-31-32-33-34-35-36-37-38-39-40-41-42-43-44-45-46-49-51-54-57-60-66(69)72-63-64(73-67(70)61-58-55-52-48-21-18-15-12-9-6-3)62-71-65(68)59-56-53-50-47-20-17-14-11-8-5-2/h7,10,16,19,23-24,26-27,29-30,32-33,35-36,38-39,41-42,44-45,64H,4-6,8-9,11-15,17-18,20-22,25,28,31,34,37,40,43,46-63H2,1-3H3/b10-7-,19-16-,24-23-,27-26-,30-29-,33-32-,36-35-,39-38-,42-41-,45-44-. The summed E-state index contributed by atoms with van der Waals surface area (Å²) < 4.78 is 16.8. The van der Waals surface area contributed by atoms with E-state index in [-0.39, 0.29) is 31.1 Å². The molecule has 0 heterocycles. The third kappa shape index (κ3) is 58.6. The van der Waals surface area contributed by atoms with Crippen molar-refractivity contribution in [1.82, 2.24) is 0 Å². The molecule has 0 aliphatic carbocycles. The highest BCUT2D eigenvalue weighted by atomic mass is 16.6. The number of allylic oxidation sites excluding steroid dienone is 20. The summed E-state index contributed by atoms with van der Waals surface area (Å²) in [5, 5.41) is 0. The van der Waals surface area contributed by atoms with Crippen LogP contribution in [0, 0.1) is 0 Å². The second kappa shape index (κ2) is 60.4. The average molecular weight is 1010 g/mol. The summed E-state index contributed by atoms with van der Waals surface area (Å²) in [6, 6.07) is 0. The molecule has 0 spiro atoms. The third-order valence-corrected chi connectivity index (χ3v) is 12.5. The van der Waals surface area contributed by atoms with Crippen LogP contribution in [0.5, 0.6) is 0 Å². The fourth-order valence-electron chi connectivity index (χ4n) is 8.00. The molecule has 0 rings (SSSR count). The Hall–Kier alpha value is -4.19. The lowest BCUT2D eigenvalue weighted by Crippen LogP contribution is -2.30. The first-order chi connectivity index (χ1) is 36.0. The molecule has 0 fully saturated rings. The first-order valence-corrected chi connectivity index (χ1v) is 30.0. The zero-order valence-corrected chi connectivity index (χ0v) is 47.4. The molecule has 6 nitrogen and oxygen atoms in total. The minimum Gasteiger partial charge on any atom is -0.462 e. The Labute approximate surface area is 450 Å². The van der Waals surface area contributed by atoms with Crippen LogP contribution in [0.2, 0.25) is 0 Å². The van der Waals surface area contributed by atoms with E-state index >= 15 is 0 Å². The lowest BCUT2D eigenvalue weighted by atomic mass is 10.1. The van der Waals surface area contributed by atoms with Crippen molar-refractivity contribution in [3.05, 3.63) is 122 Å². The summed E-state index contributed by atoms with van der Waals surface area (Å²) in [4.78, 5) is 37.9. The number of carbonyl (C=O) groups excluding carboxylic acids is 3. The highest BCUT2D eigenvalue weighted by Crippen LogP contribution is 2.15. The molecule has 0 aromatic heterocycles. The van der Waals surface area contributed by atoms with E-state index in [9.17, 15) is 14.4 Å². The van der Waals surface area contributed by atoms with Crippen LogP contribution in [0.1, 0.15) is 265 Å². The molecule has 0 aliphatic heterocycles. The van der Waals surface area contributed by atoms with Crippen LogP contribution >= 0.6 is 0 Å². The molecular formula is C67H110O6. The van der Waals surface area contributed by atoms with Gasteiger partial charge >= 0.3 is 17.9 Å². The van der Waals surface area contributed by atoms with Gasteiger partial charge in [-0.05, 0) is 96.3 Å². The minimum absolute atomic E-state index is 0.0842. The molecule has 6 heteroatoms. The van der Waals surface area contributed by atoms with E-state index < -0.39 is 6.10 Å². The van der Waals surface area contributed by atoms with Crippen LogP contribution in [0.25, 0.3) is 0 Å². The van der Waals surface area contributed by atoms with E-state index in [4.69, 9.17) is 14.2 Å². The minimum atomic E-state index is -0.785. The Morgan fingerprint density at radius 3 is 0.836 bits per heavy atom. The van der Waals surface area contributed by atoms with Gasteiger partial charge in [0, 0.05) is 19.3 Å². The Bertz CT molecular complexity index is 1540. The van der Waals surface area contributed by atoms with E-state index in [1.165, 1.54) is 89.9 Å². The quantitative estimate of drug-likeness (QED) is 0.0261. The van der Waals surface area contributed by atoms with E-state index in [1.54, 1.807) is 0 Å². The van der Waals surface area contributed by atoms with Crippen molar-refractivity contribution in [2.75, 3.05) is 13.2 Å². The Morgan fingerprint density at radius 1 is 0.288 bits per heavy atom. The highest BCUT2D eigenvalue weighted by Gasteiger charge is 2.19. The van der Waals surface area contributed by atoms with Crippen LogP contribution in [0.3, 0.4) is 0 Å². The fraction of sp³-hybridized carbons (Fsp3) is 0.657. The average Bonchev–Trinajstić information content (AvgIpc) is 3.39. The van der Waals surface area contributed by atoms with Crippen LogP contribution in [-0.2, 0) is 28.6 Å². The molecule has 0 saturated heterocycles. The zero-order valence-electron chi connectivity index (χ0n) is 47.4. The summed E-state index contributed by atoms with van der Waals surface area (Å²) in [6.07, 6.45) is 83.6. The van der Waals surface area contributed by atoms with Crippen molar-refractivity contribution in [3.8, 4) is 0 Å². The van der Waals surface area contributed by atoms with Crippen molar-refractivity contribution < 1.29 is 28.6 Å². The molecule has 73 heavy (non-hydrogen) atoms. The van der Waals surface area contributed by atoms with Gasteiger partial charge in [-0.3, -0.25) is 14.4 Å². The molecule has 0 amide bonds. The lowest BCUT2D eigenvalue weighted by molar-refractivity contribution is -0.167. The van der Waals surface area contributed by atoms with E-state index in [0.29, 0.717) is 19.3 Å². The summed E-state index contributed by atoms with van der Waals surface area (Å²) in [5.41, 5.74) is 0. The molecule has 0 N–H and O–H groups in total. The highest BCUT2D eigenvalue weighted by molar-refractivity contribution is 5.71. The number of hydrogen-bond donors (Lipinski definition) is 0. The topological polar surface area (TPSA) is 78.9 Å². The van der Waals surface area contributed by atoms with Crippen LogP contribution in [0.4, 0.5) is 0 Å². The van der Waals surface area contributed by atoms with Crippen LogP contribution in [-0.4, -0.2) is 37.2 Å². The number of esters is 3. The molecular weight excluding hydrogens is 901 g/mol. The normalized spacial score (nSPS) is 13.0. The van der Waals surface area contributed by atoms with Gasteiger partial charge in [0.05, 0.1) is 0 Å². The second-order valence-electron chi connectivity index (χ2n) is 19.5. The Kier molecular flexibility index (Phi) is 56.9. The number of carbonyl (C=O) groups is 3. The summed E-state index contributed by atoms with van der Waals surface area (Å²) in [6.45, 7) is 6.47. The van der Waals surface area contributed by atoms with Gasteiger partial charge in [-0.15, -0.1) is 0 Å². The molecule has 0 bridgehead atoms. The van der Waals surface area contributed by atoms with Crippen LogP contribution in [0.15, 0.2) is 122 Å². The Balaban J connectivity index is 4.19. The number of rotatable bonds is 53. The number of hydrogen-bond acceptors (Lipinski definition) is 6. The lowest BCUT2D eigenvalue weighted by Gasteiger charge is -2.18. The number of ether oxygens (including phenoxy) is 3. The van der Waals surface area contributed by atoms with Crippen molar-refractivity contribution >= 4 is 17.9 Å². The van der Waals surface area contributed by atoms with Crippen molar-refractivity contribution in [2.45, 2.75) is 271 Å². The fourth-order valence-corrected chi connectivity index (χ4v) is 8.00. The first-order valence-electron chi connectivity index (χ1n) is 30.0. The van der Waals surface area contributed by atoms with Gasteiger partial charge < -0.3 is 14.2 Å². The SMILES string of the molecule is CC/C=C\C/C=C\C/C=C\C/C=C\C/C=C\C/C=C\C/C=C\C/C=C\C/C=C\C/C=C\CCCCCCC(=O)OCC(COC(=O)CCCCCCCCCCCC)OC(=O)CCCCCCCCCCCC. The molecule has 1 atom stereocenters. The molecule has 414 valence electrons. The maximum Gasteiger partial charge on any atom is 0.306 e. The predicted octanol–water partition coefficient (Wildman–Crippen LogP) is 20.4. The van der Waals surface area contributed by atoms with Gasteiger partial charge in [-0.25, -0.2) is 0 Å². The van der Waals surface area contributed by atoms with Gasteiger partial charge in [0.15, 0.2) is 6.10 Å². The van der Waals surface area contributed by atoms with Crippen molar-refractivity contribution in [3.63, 3.8) is 0 Å². The summed E-state index contributed by atoms with van der Waals surface area (Å²) >= 11 is 0. The summed E-state index contributed by atoms with van der Waals surface area (Å²) in [7, 11) is 0. The van der Waals surface area contributed by atoms with Gasteiger partial charge in [-0.2, -0.15) is 0 Å². The molecule has 0 saturated carbocycles. The van der Waals surface area contributed by atoms with Gasteiger partial charge in [0.1, 0.15) is 13.2 Å². The smallest absolute Gasteiger partial charge is 0.306 e. The zero-order chi connectivity index (χ0) is 52.9. The van der Waals surface area contributed by atoms with Gasteiger partial charge in [-0.1, -0.05) is 271 Å². The monoisotopic (exact) mass is 1010 g/mol. The van der Waals surface area contributed by atoms with Crippen molar-refractivity contribution in [1.29, 1.82) is 0 Å². The van der Waals surface area contributed by atoms with Crippen molar-refractivity contribution in [2.24, 2.45) is 0 Å². The number of unbranched alkanes of at least 4 members (excludes halogenated alkanes) is 22. The second-order valence-corrected chi connectivity index (χ2v) is 19.5. The molecule has 0 aromatic carbocycles.